The fourth-order valence-electron chi connectivity index (χ4n) is 2.44. The molecular weight excluding hydrogens is 324 g/mol. The van der Waals surface area contributed by atoms with Crippen LogP contribution in [0.4, 0.5) is 0 Å². The molecule has 0 radical (unpaired) electrons. The number of benzene rings is 1. The molecule has 0 unspecified atom stereocenters. The second kappa shape index (κ2) is 7.40. The number of aryl methyl sites for hydroxylation is 1. The summed E-state index contributed by atoms with van der Waals surface area (Å²) < 4.78 is 18.9. The lowest BCUT2D eigenvalue weighted by molar-refractivity contribution is 0.414. The lowest BCUT2D eigenvalue weighted by Crippen LogP contribution is -2.16. The highest BCUT2D eigenvalue weighted by Gasteiger charge is 2.07. The van der Waals surface area contributed by atoms with Gasteiger partial charge in [-0.05, 0) is 36.2 Å². The fraction of sp³-hybridized carbons (Fsp3) is 0.222. The van der Waals surface area contributed by atoms with Gasteiger partial charge in [-0.1, -0.05) is 18.2 Å². The molecule has 2 aromatic heterocycles. The molecule has 3 aromatic rings. The van der Waals surface area contributed by atoms with Gasteiger partial charge in [-0.3, -0.25) is 13.4 Å². The molecule has 24 heavy (non-hydrogen) atoms. The van der Waals surface area contributed by atoms with Gasteiger partial charge < -0.3 is 4.74 Å². The predicted octanol–water partition coefficient (Wildman–Crippen LogP) is 2.19. The van der Waals surface area contributed by atoms with Gasteiger partial charge >= 0.3 is 0 Å². The molecule has 1 atom stereocenters. The number of methoxy groups -OCH3 is 1. The van der Waals surface area contributed by atoms with Crippen LogP contribution in [0.1, 0.15) is 11.3 Å². The summed E-state index contributed by atoms with van der Waals surface area (Å²) in [6, 6.07) is 14.6. The summed E-state index contributed by atoms with van der Waals surface area (Å²) in [7, 11) is 0.556. The molecule has 0 saturated carbocycles. The Balaban J connectivity index is 1.65. The van der Waals surface area contributed by atoms with E-state index in [2.05, 4.69) is 4.98 Å². The predicted molar refractivity (Wildman–Crippen MR) is 94.9 cm³/mol. The van der Waals surface area contributed by atoms with Gasteiger partial charge in [-0.15, -0.1) is 0 Å². The van der Waals surface area contributed by atoms with Gasteiger partial charge in [0.25, 0.3) is 5.56 Å². The first-order chi connectivity index (χ1) is 11.7. The average Bonchev–Trinajstić information content (AvgIpc) is 2.60. The first-order valence-corrected chi connectivity index (χ1v) is 9.10. The number of aromatic nitrogens is 2. The molecule has 0 bridgehead atoms. The Kier molecular flexibility index (Phi) is 5.05. The Bertz CT molecular complexity index is 919. The minimum atomic E-state index is -1.07. The van der Waals surface area contributed by atoms with Crippen molar-refractivity contribution in [3.63, 3.8) is 0 Å². The van der Waals surface area contributed by atoms with Crippen molar-refractivity contribution in [1.82, 2.24) is 9.38 Å². The minimum Gasteiger partial charge on any atom is -0.497 e. The van der Waals surface area contributed by atoms with E-state index in [1.54, 1.807) is 25.4 Å². The van der Waals surface area contributed by atoms with E-state index in [1.807, 2.05) is 30.3 Å². The highest BCUT2D eigenvalue weighted by molar-refractivity contribution is 7.84. The molecule has 0 saturated heterocycles. The highest BCUT2D eigenvalue weighted by atomic mass is 32.2. The van der Waals surface area contributed by atoms with E-state index in [0.29, 0.717) is 23.5 Å². The molecule has 124 valence electrons. The highest BCUT2D eigenvalue weighted by Crippen LogP contribution is 2.12. The minimum absolute atomic E-state index is 0.150. The zero-order valence-electron chi connectivity index (χ0n) is 13.3. The van der Waals surface area contributed by atoms with Crippen molar-refractivity contribution in [2.45, 2.75) is 12.2 Å². The Labute approximate surface area is 142 Å². The van der Waals surface area contributed by atoms with Gasteiger partial charge in [0.2, 0.25) is 0 Å². The first-order valence-electron chi connectivity index (χ1n) is 7.61. The molecule has 2 heterocycles. The number of pyridine rings is 1. The number of hydrogen-bond acceptors (Lipinski definition) is 4. The molecule has 0 amide bonds. The molecule has 0 aliphatic carbocycles. The average molecular weight is 342 g/mol. The molecule has 6 heteroatoms. The van der Waals surface area contributed by atoms with E-state index >= 15 is 0 Å². The quantitative estimate of drug-likeness (QED) is 0.689. The van der Waals surface area contributed by atoms with Gasteiger partial charge in [0.15, 0.2) is 0 Å². The number of ether oxygens (including phenoxy) is 1. The zero-order chi connectivity index (χ0) is 16.9. The maximum atomic E-state index is 12.3. The van der Waals surface area contributed by atoms with E-state index in [-0.39, 0.29) is 11.3 Å². The Morgan fingerprint density at radius 1 is 1.17 bits per heavy atom. The van der Waals surface area contributed by atoms with Crippen LogP contribution in [0.15, 0.2) is 59.5 Å². The largest absolute Gasteiger partial charge is 0.497 e. The second-order valence-corrected chi connectivity index (χ2v) is 6.98. The summed E-state index contributed by atoms with van der Waals surface area (Å²) in [4.78, 5) is 16.4. The third-order valence-corrected chi connectivity index (χ3v) is 4.99. The van der Waals surface area contributed by atoms with Crippen LogP contribution in [0.3, 0.4) is 0 Å². The molecule has 0 aliphatic rings. The SMILES string of the molecule is COc1ccc(CC[S@](=O)Cc2cc(=O)n3ccccc3n2)cc1. The van der Waals surface area contributed by atoms with Gasteiger partial charge in [-0.25, -0.2) is 4.98 Å². The normalized spacial score (nSPS) is 12.2. The molecular formula is C18H18N2O3S. The van der Waals surface area contributed by atoms with E-state index in [0.717, 1.165) is 11.3 Å². The summed E-state index contributed by atoms with van der Waals surface area (Å²) in [5.41, 5.74) is 2.10. The summed E-state index contributed by atoms with van der Waals surface area (Å²) in [6.07, 6.45) is 2.39. The Hall–Kier alpha value is -2.47. The number of hydrogen-bond donors (Lipinski definition) is 0. The van der Waals surface area contributed by atoms with Crippen LogP contribution in [0.2, 0.25) is 0 Å². The number of rotatable bonds is 6. The van der Waals surface area contributed by atoms with Crippen molar-refractivity contribution >= 4 is 16.4 Å². The van der Waals surface area contributed by atoms with Crippen LogP contribution in [-0.2, 0) is 23.0 Å². The van der Waals surface area contributed by atoms with Crippen LogP contribution in [0, 0.1) is 0 Å². The number of nitrogens with zero attached hydrogens (tertiary/aromatic N) is 2. The smallest absolute Gasteiger partial charge is 0.258 e. The summed E-state index contributed by atoms with van der Waals surface area (Å²) in [6.45, 7) is 0. The van der Waals surface area contributed by atoms with Crippen LogP contribution in [0.5, 0.6) is 5.75 Å². The molecule has 0 N–H and O–H groups in total. The maximum Gasteiger partial charge on any atom is 0.258 e. The molecule has 5 nitrogen and oxygen atoms in total. The van der Waals surface area contributed by atoms with E-state index < -0.39 is 10.8 Å². The summed E-state index contributed by atoms with van der Waals surface area (Å²) in [5.74, 6) is 1.62. The second-order valence-electron chi connectivity index (χ2n) is 5.40. The lowest BCUT2D eigenvalue weighted by Gasteiger charge is -2.05. The Morgan fingerprint density at radius 2 is 1.96 bits per heavy atom. The van der Waals surface area contributed by atoms with Crippen molar-refractivity contribution in [2.24, 2.45) is 0 Å². The molecule has 0 spiro atoms. The third-order valence-electron chi connectivity index (χ3n) is 3.71. The lowest BCUT2D eigenvalue weighted by atomic mass is 10.2. The van der Waals surface area contributed by atoms with E-state index in [4.69, 9.17) is 4.74 Å². The fourth-order valence-corrected chi connectivity index (χ4v) is 3.52. The van der Waals surface area contributed by atoms with Gasteiger partial charge in [0, 0.05) is 28.8 Å². The van der Waals surface area contributed by atoms with Crippen molar-refractivity contribution in [1.29, 1.82) is 0 Å². The van der Waals surface area contributed by atoms with Gasteiger partial charge in [0.05, 0.1) is 18.6 Å². The van der Waals surface area contributed by atoms with Crippen molar-refractivity contribution in [3.05, 3.63) is 76.3 Å². The Morgan fingerprint density at radius 3 is 2.71 bits per heavy atom. The van der Waals surface area contributed by atoms with Gasteiger partial charge in [-0.2, -0.15) is 0 Å². The monoisotopic (exact) mass is 342 g/mol. The zero-order valence-corrected chi connectivity index (χ0v) is 14.2. The van der Waals surface area contributed by atoms with Gasteiger partial charge in [0.1, 0.15) is 11.4 Å². The number of fused-ring (bicyclic) bond motifs is 1. The standard InChI is InChI=1S/C18H18N2O3S/c1-23-16-7-5-14(6-8-16)9-11-24(22)13-15-12-18(21)20-10-3-2-4-17(20)19-15/h2-8,10,12H,9,11,13H2,1H3/t24-/m0/s1. The molecule has 0 aliphatic heterocycles. The summed E-state index contributed by atoms with van der Waals surface area (Å²) in [5, 5.41) is 0. The molecule has 1 aromatic carbocycles. The third kappa shape index (κ3) is 3.89. The first kappa shape index (κ1) is 16.4. The van der Waals surface area contributed by atoms with Crippen LogP contribution < -0.4 is 10.3 Å². The maximum absolute atomic E-state index is 12.3. The van der Waals surface area contributed by atoms with Crippen molar-refractivity contribution in [2.75, 3.05) is 12.9 Å². The molecule has 3 rings (SSSR count). The van der Waals surface area contributed by atoms with Crippen molar-refractivity contribution < 1.29 is 8.95 Å². The topological polar surface area (TPSA) is 60.7 Å². The van der Waals surface area contributed by atoms with E-state index in [1.165, 1.54) is 10.5 Å². The van der Waals surface area contributed by atoms with Crippen LogP contribution >= 0.6 is 0 Å². The van der Waals surface area contributed by atoms with Crippen molar-refractivity contribution in [3.8, 4) is 5.75 Å². The van der Waals surface area contributed by atoms with E-state index in [9.17, 15) is 9.00 Å². The molecule has 0 fully saturated rings. The van der Waals surface area contributed by atoms with Crippen LogP contribution in [-0.4, -0.2) is 26.5 Å². The van der Waals surface area contributed by atoms with Crippen LogP contribution in [0.25, 0.3) is 5.65 Å². The summed E-state index contributed by atoms with van der Waals surface area (Å²) >= 11 is 0.